The van der Waals surface area contributed by atoms with E-state index in [0.29, 0.717) is 5.13 Å². The van der Waals surface area contributed by atoms with Crippen LogP contribution >= 0.6 is 27.3 Å². The van der Waals surface area contributed by atoms with Gasteiger partial charge in [0.05, 0.1) is 16.6 Å². The Morgan fingerprint density at radius 1 is 1.62 bits per heavy atom. The topological polar surface area (TPSA) is 112 Å². The molecule has 2 amide bonds. The summed E-state index contributed by atoms with van der Waals surface area (Å²) in [7, 11) is 0. The van der Waals surface area contributed by atoms with Gasteiger partial charge in [-0.2, -0.15) is 0 Å². The van der Waals surface area contributed by atoms with E-state index in [1.54, 1.807) is 0 Å². The van der Waals surface area contributed by atoms with Crippen molar-refractivity contribution in [3.05, 3.63) is 9.98 Å². The number of hydrogen-bond donors (Lipinski definition) is 4. The smallest absolute Gasteiger partial charge is 0.328 e. The molecule has 0 bridgehead atoms. The number of nitrogens with zero attached hydrogens (tertiary/aromatic N) is 1. The number of carbonyl (C=O) groups is 2. The highest BCUT2D eigenvalue weighted by Crippen LogP contribution is 2.22. The molecule has 1 atom stereocenters. The van der Waals surface area contributed by atoms with Crippen molar-refractivity contribution < 1.29 is 19.8 Å². The molecule has 1 rings (SSSR count). The number of amides is 2. The second-order valence-electron chi connectivity index (χ2n) is 2.64. The fraction of sp³-hybridized carbons (Fsp3) is 0.286. The number of nitrogens with one attached hydrogen (secondary N) is 2. The summed E-state index contributed by atoms with van der Waals surface area (Å²) >= 11 is 4.34. The Bertz CT molecular complexity index is 397. The highest BCUT2D eigenvalue weighted by atomic mass is 79.9. The molecule has 1 aromatic heterocycles. The molecule has 0 saturated heterocycles. The van der Waals surface area contributed by atoms with Crippen LogP contribution in [-0.2, 0) is 4.79 Å². The van der Waals surface area contributed by atoms with Crippen LogP contribution in [0.15, 0.2) is 9.98 Å². The van der Waals surface area contributed by atoms with Gasteiger partial charge < -0.3 is 15.5 Å². The number of anilines is 1. The summed E-state index contributed by atoms with van der Waals surface area (Å²) < 4.78 is 0.736. The van der Waals surface area contributed by atoms with Gasteiger partial charge in [0.25, 0.3) is 0 Å². The number of rotatable bonds is 4. The molecule has 0 unspecified atom stereocenters. The van der Waals surface area contributed by atoms with Crippen LogP contribution in [0.3, 0.4) is 0 Å². The number of halogens is 1. The minimum atomic E-state index is -1.33. The average Bonchev–Trinajstić information content (AvgIpc) is 2.60. The Labute approximate surface area is 103 Å². The zero-order chi connectivity index (χ0) is 12.1. The normalized spacial score (nSPS) is 11.9. The van der Waals surface area contributed by atoms with Gasteiger partial charge in [-0.05, 0) is 15.9 Å². The quantitative estimate of drug-likeness (QED) is 0.646. The van der Waals surface area contributed by atoms with Gasteiger partial charge in [-0.1, -0.05) is 11.3 Å². The molecule has 0 aliphatic carbocycles. The molecule has 0 aliphatic rings. The van der Waals surface area contributed by atoms with E-state index in [0.717, 1.165) is 3.79 Å². The van der Waals surface area contributed by atoms with Crippen LogP contribution < -0.4 is 10.6 Å². The Hall–Kier alpha value is -1.19. The Morgan fingerprint density at radius 2 is 2.31 bits per heavy atom. The lowest BCUT2D eigenvalue weighted by Crippen LogP contribution is -2.45. The monoisotopic (exact) mass is 309 g/mol. The summed E-state index contributed by atoms with van der Waals surface area (Å²) in [5, 5.41) is 22.0. The molecule has 0 spiro atoms. The number of carboxylic acids is 1. The largest absolute Gasteiger partial charge is 0.480 e. The summed E-state index contributed by atoms with van der Waals surface area (Å²) in [6.07, 6.45) is 1.50. The van der Waals surface area contributed by atoms with Crippen molar-refractivity contribution in [2.45, 2.75) is 6.04 Å². The molecule has 0 saturated carbocycles. The average molecular weight is 310 g/mol. The maximum Gasteiger partial charge on any atom is 0.328 e. The van der Waals surface area contributed by atoms with Crippen molar-refractivity contribution in [2.24, 2.45) is 0 Å². The number of urea groups is 1. The Morgan fingerprint density at radius 3 is 2.75 bits per heavy atom. The van der Waals surface area contributed by atoms with Gasteiger partial charge in [-0.3, -0.25) is 5.32 Å². The Kier molecular flexibility index (Phi) is 4.65. The van der Waals surface area contributed by atoms with Crippen molar-refractivity contribution in [2.75, 3.05) is 11.9 Å². The van der Waals surface area contributed by atoms with Gasteiger partial charge in [0.2, 0.25) is 0 Å². The highest BCUT2D eigenvalue weighted by Gasteiger charge is 2.18. The summed E-state index contributed by atoms with van der Waals surface area (Å²) in [6.45, 7) is -0.676. The second-order valence-corrected chi connectivity index (χ2v) is 5.05. The number of aromatic nitrogens is 1. The van der Waals surface area contributed by atoms with Crippen LogP contribution in [0.25, 0.3) is 0 Å². The van der Waals surface area contributed by atoms with Gasteiger partial charge in [-0.25, -0.2) is 14.6 Å². The van der Waals surface area contributed by atoms with Crippen molar-refractivity contribution in [1.29, 1.82) is 0 Å². The van der Waals surface area contributed by atoms with Crippen LogP contribution in [0.1, 0.15) is 0 Å². The van der Waals surface area contributed by atoms with Gasteiger partial charge in [0.1, 0.15) is 0 Å². The van der Waals surface area contributed by atoms with Crippen LogP contribution in [0.2, 0.25) is 0 Å². The van der Waals surface area contributed by atoms with Gasteiger partial charge in [-0.15, -0.1) is 0 Å². The first-order valence-electron chi connectivity index (χ1n) is 4.05. The van der Waals surface area contributed by atoms with E-state index in [4.69, 9.17) is 10.2 Å². The van der Waals surface area contributed by atoms with E-state index in [1.807, 2.05) is 0 Å². The predicted octanol–water partition coefficient (Wildman–Crippen LogP) is 0.473. The fourth-order valence-electron chi connectivity index (χ4n) is 0.789. The summed E-state index contributed by atoms with van der Waals surface area (Å²) in [5.74, 6) is -1.31. The standard InChI is InChI=1S/C7H8BrN3O4S/c8-4-1-9-7(16-4)11-6(15)10-3(2-12)5(13)14/h1,3,12H,2H2,(H,13,14)(H2,9,10,11,15)/t3-/m1/s1. The van der Waals surface area contributed by atoms with Crippen LogP contribution in [0.5, 0.6) is 0 Å². The second kappa shape index (κ2) is 5.77. The van der Waals surface area contributed by atoms with Crippen molar-refractivity contribution in [1.82, 2.24) is 10.3 Å². The molecule has 9 heteroatoms. The molecule has 4 N–H and O–H groups in total. The number of aliphatic hydroxyl groups excluding tert-OH is 1. The third kappa shape index (κ3) is 3.76. The van der Waals surface area contributed by atoms with E-state index >= 15 is 0 Å². The van der Waals surface area contributed by atoms with E-state index in [2.05, 4.69) is 31.5 Å². The maximum atomic E-state index is 11.3. The zero-order valence-corrected chi connectivity index (χ0v) is 10.2. The minimum absolute atomic E-state index is 0.325. The first-order valence-corrected chi connectivity index (χ1v) is 5.66. The number of hydrogen-bond acceptors (Lipinski definition) is 5. The van der Waals surface area contributed by atoms with E-state index in [-0.39, 0.29) is 0 Å². The first kappa shape index (κ1) is 12.9. The molecular formula is C7H8BrN3O4S. The molecule has 1 aromatic rings. The van der Waals surface area contributed by atoms with Crippen LogP contribution in [0.4, 0.5) is 9.93 Å². The number of aliphatic carboxylic acids is 1. The summed E-state index contributed by atoms with van der Waals surface area (Å²) in [5.41, 5.74) is 0. The van der Waals surface area contributed by atoms with Gasteiger partial charge in [0, 0.05) is 0 Å². The number of carboxylic acid groups (broad SMARTS) is 1. The molecule has 88 valence electrons. The molecular weight excluding hydrogens is 302 g/mol. The Balaban J connectivity index is 2.50. The molecule has 0 radical (unpaired) electrons. The molecule has 0 aromatic carbocycles. The minimum Gasteiger partial charge on any atom is -0.480 e. The summed E-state index contributed by atoms with van der Waals surface area (Å²) in [6, 6.07) is -2.06. The van der Waals surface area contributed by atoms with E-state index in [9.17, 15) is 9.59 Å². The third-order valence-corrected chi connectivity index (χ3v) is 2.88. The molecule has 1 heterocycles. The number of thiazole rings is 1. The van der Waals surface area contributed by atoms with Crippen LogP contribution in [0, 0.1) is 0 Å². The van der Waals surface area contributed by atoms with E-state index < -0.39 is 24.6 Å². The molecule has 0 fully saturated rings. The molecule has 7 nitrogen and oxygen atoms in total. The van der Waals surface area contributed by atoms with Gasteiger partial charge >= 0.3 is 12.0 Å². The lowest BCUT2D eigenvalue weighted by Gasteiger charge is -2.11. The molecule has 0 aliphatic heterocycles. The van der Waals surface area contributed by atoms with Crippen LogP contribution in [-0.4, -0.2) is 39.8 Å². The maximum absolute atomic E-state index is 11.3. The fourth-order valence-corrected chi connectivity index (χ4v) is 1.89. The van der Waals surface area contributed by atoms with Crippen molar-refractivity contribution >= 4 is 44.4 Å². The lowest BCUT2D eigenvalue weighted by atomic mass is 10.3. The van der Waals surface area contributed by atoms with E-state index in [1.165, 1.54) is 17.5 Å². The number of carbonyl (C=O) groups excluding carboxylic acids is 1. The first-order chi connectivity index (χ1) is 7.52. The zero-order valence-electron chi connectivity index (χ0n) is 7.81. The van der Waals surface area contributed by atoms with Gasteiger partial charge in [0.15, 0.2) is 11.2 Å². The SMILES string of the molecule is O=C(Nc1ncc(Br)s1)N[C@H](CO)C(=O)O. The summed E-state index contributed by atoms with van der Waals surface area (Å²) in [4.78, 5) is 25.6. The highest BCUT2D eigenvalue weighted by molar-refractivity contribution is 9.11. The molecule has 16 heavy (non-hydrogen) atoms. The number of aliphatic hydroxyl groups is 1. The van der Waals surface area contributed by atoms with Crippen molar-refractivity contribution in [3.63, 3.8) is 0 Å². The lowest BCUT2D eigenvalue weighted by molar-refractivity contribution is -0.140. The third-order valence-electron chi connectivity index (χ3n) is 1.48. The van der Waals surface area contributed by atoms with Crippen molar-refractivity contribution in [3.8, 4) is 0 Å². The predicted molar refractivity (Wildman–Crippen MR) is 60.5 cm³/mol.